The minimum absolute atomic E-state index is 0.397. The Hall–Kier alpha value is -1.16. The van der Waals surface area contributed by atoms with Gasteiger partial charge in [-0.1, -0.05) is 50.2 Å². The van der Waals surface area contributed by atoms with Crippen LogP contribution in [0, 0.1) is 5.92 Å². The molecule has 0 aliphatic heterocycles. The SMILES string of the molecule is CC(C)C(NCC(c1cccs1)N(C)C)c1ccccc1. The van der Waals surface area contributed by atoms with E-state index in [0.29, 0.717) is 18.0 Å². The van der Waals surface area contributed by atoms with Gasteiger partial charge in [-0.3, -0.25) is 0 Å². The fraction of sp³-hybridized carbons (Fsp3) is 0.444. The Morgan fingerprint density at radius 1 is 1.05 bits per heavy atom. The van der Waals surface area contributed by atoms with Crippen LogP contribution in [-0.4, -0.2) is 25.5 Å². The first kappa shape index (κ1) is 16.2. The van der Waals surface area contributed by atoms with Crippen molar-refractivity contribution in [3.63, 3.8) is 0 Å². The molecule has 21 heavy (non-hydrogen) atoms. The summed E-state index contributed by atoms with van der Waals surface area (Å²) < 4.78 is 0. The second-order valence-corrected chi connectivity index (χ2v) is 7.01. The van der Waals surface area contributed by atoms with Gasteiger partial charge in [0.2, 0.25) is 0 Å². The standard InChI is InChI=1S/C18H26N2S/c1-14(2)18(15-9-6-5-7-10-15)19-13-16(20(3)4)17-11-8-12-21-17/h5-12,14,16,18-19H,13H2,1-4H3. The van der Waals surface area contributed by atoms with E-state index < -0.39 is 0 Å². The number of rotatable bonds is 7. The molecule has 2 unspecified atom stereocenters. The van der Waals surface area contributed by atoms with Crippen molar-refractivity contribution >= 4 is 11.3 Å². The molecule has 0 saturated heterocycles. The third-order valence-corrected chi connectivity index (χ3v) is 4.82. The molecule has 2 atom stereocenters. The van der Waals surface area contributed by atoms with Crippen LogP contribution in [0.5, 0.6) is 0 Å². The zero-order valence-corrected chi connectivity index (χ0v) is 14.2. The van der Waals surface area contributed by atoms with Gasteiger partial charge < -0.3 is 10.2 Å². The Bertz CT molecular complexity index is 505. The molecule has 2 aromatic rings. The molecule has 0 spiro atoms. The van der Waals surface area contributed by atoms with Crippen LogP contribution in [0.1, 0.15) is 36.4 Å². The van der Waals surface area contributed by atoms with E-state index in [1.54, 1.807) is 0 Å². The maximum atomic E-state index is 3.77. The van der Waals surface area contributed by atoms with E-state index in [4.69, 9.17) is 0 Å². The van der Waals surface area contributed by atoms with Crippen molar-refractivity contribution in [2.75, 3.05) is 20.6 Å². The Labute approximate surface area is 132 Å². The van der Waals surface area contributed by atoms with Gasteiger partial charge in [0.05, 0.1) is 6.04 Å². The molecule has 0 bridgehead atoms. The van der Waals surface area contributed by atoms with Gasteiger partial charge >= 0.3 is 0 Å². The normalized spacial score (nSPS) is 14.6. The molecule has 0 aliphatic carbocycles. The van der Waals surface area contributed by atoms with Crippen LogP contribution < -0.4 is 5.32 Å². The van der Waals surface area contributed by atoms with E-state index in [1.165, 1.54) is 10.4 Å². The van der Waals surface area contributed by atoms with Gasteiger partial charge in [-0.05, 0) is 37.0 Å². The van der Waals surface area contributed by atoms with Crippen LogP contribution in [0.3, 0.4) is 0 Å². The maximum Gasteiger partial charge on any atom is 0.0561 e. The highest BCUT2D eigenvalue weighted by molar-refractivity contribution is 7.10. The van der Waals surface area contributed by atoms with E-state index in [2.05, 4.69) is 86.0 Å². The molecule has 2 rings (SSSR count). The summed E-state index contributed by atoms with van der Waals surface area (Å²) in [4.78, 5) is 3.71. The average molecular weight is 302 g/mol. The summed E-state index contributed by atoms with van der Waals surface area (Å²) in [5.74, 6) is 0.568. The van der Waals surface area contributed by atoms with E-state index in [1.807, 2.05) is 11.3 Å². The van der Waals surface area contributed by atoms with Gasteiger partial charge in [-0.2, -0.15) is 0 Å². The monoisotopic (exact) mass is 302 g/mol. The molecule has 1 heterocycles. The van der Waals surface area contributed by atoms with E-state index in [-0.39, 0.29) is 0 Å². The molecular weight excluding hydrogens is 276 g/mol. The first-order valence-corrected chi connectivity index (χ1v) is 8.45. The number of benzene rings is 1. The average Bonchev–Trinajstić information content (AvgIpc) is 2.97. The highest BCUT2D eigenvalue weighted by Crippen LogP contribution is 2.26. The first-order valence-electron chi connectivity index (χ1n) is 7.57. The van der Waals surface area contributed by atoms with E-state index >= 15 is 0 Å². The van der Waals surface area contributed by atoms with Crippen molar-refractivity contribution in [2.45, 2.75) is 25.9 Å². The van der Waals surface area contributed by atoms with Crippen molar-refractivity contribution in [2.24, 2.45) is 5.92 Å². The van der Waals surface area contributed by atoms with Crippen LogP contribution in [0.2, 0.25) is 0 Å². The second-order valence-electron chi connectivity index (χ2n) is 6.04. The minimum Gasteiger partial charge on any atom is -0.308 e. The number of nitrogens with one attached hydrogen (secondary N) is 1. The quantitative estimate of drug-likeness (QED) is 0.818. The Morgan fingerprint density at radius 3 is 2.29 bits per heavy atom. The molecule has 114 valence electrons. The molecule has 0 amide bonds. The third-order valence-electron chi connectivity index (χ3n) is 3.85. The highest BCUT2D eigenvalue weighted by Gasteiger charge is 2.20. The van der Waals surface area contributed by atoms with Crippen LogP contribution in [-0.2, 0) is 0 Å². The van der Waals surface area contributed by atoms with Crippen molar-refractivity contribution in [3.05, 3.63) is 58.3 Å². The fourth-order valence-corrected chi connectivity index (χ4v) is 3.58. The number of thiophene rings is 1. The molecule has 3 heteroatoms. The van der Waals surface area contributed by atoms with E-state index in [0.717, 1.165) is 6.54 Å². The summed E-state index contributed by atoms with van der Waals surface area (Å²) in [6.45, 7) is 5.52. The molecule has 2 nitrogen and oxygen atoms in total. The van der Waals surface area contributed by atoms with Gasteiger partial charge in [0, 0.05) is 17.5 Å². The molecule has 1 aromatic heterocycles. The number of nitrogens with zero attached hydrogens (tertiary/aromatic N) is 1. The summed E-state index contributed by atoms with van der Waals surface area (Å²) in [5, 5.41) is 5.93. The molecule has 0 radical (unpaired) electrons. The zero-order valence-electron chi connectivity index (χ0n) is 13.4. The Balaban J connectivity index is 2.07. The summed E-state index contributed by atoms with van der Waals surface area (Å²) in [6.07, 6.45) is 0. The topological polar surface area (TPSA) is 15.3 Å². The lowest BCUT2D eigenvalue weighted by molar-refractivity contribution is 0.271. The summed E-state index contributed by atoms with van der Waals surface area (Å²) in [5.41, 5.74) is 1.37. The van der Waals surface area contributed by atoms with Crippen molar-refractivity contribution < 1.29 is 0 Å². The number of hydrogen-bond acceptors (Lipinski definition) is 3. The lowest BCUT2D eigenvalue weighted by Crippen LogP contribution is -2.34. The van der Waals surface area contributed by atoms with Crippen molar-refractivity contribution in [1.29, 1.82) is 0 Å². The second kappa shape index (κ2) is 7.74. The van der Waals surface area contributed by atoms with E-state index in [9.17, 15) is 0 Å². The van der Waals surface area contributed by atoms with Gasteiger partial charge in [-0.15, -0.1) is 11.3 Å². The molecule has 0 fully saturated rings. The Morgan fingerprint density at radius 2 is 1.76 bits per heavy atom. The van der Waals surface area contributed by atoms with Crippen LogP contribution in [0.15, 0.2) is 47.8 Å². The predicted molar refractivity (Wildman–Crippen MR) is 92.8 cm³/mol. The predicted octanol–water partition coefficient (Wildman–Crippen LogP) is 4.34. The zero-order chi connectivity index (χ0) is 15.2. The summed E-state index contributed by atoms with van der Waals surface area (Å²) >= 11 is 1.83. The minimum atomic E-state index is 0.397. The maximum absolute atomic E-state index is 3.77. The molecule has 1 N–H and O–H groups in total. The van der Waals surface area contributed by atoms with Crippen molar-refractivity contribution in [1.82, 2.24) is 10.2 Å². The van der Waals surface area contributed by atoms with Gasteiger partial charge in [-0.25, -0.2) is 0 Å². The largest absolute Gasteiger partial charge is 0.308 e. The molecule has 0 saturated carbocycles. The summed E-state index contributed by atoms with van der Waals surface area (Å²) in [6, 6.07) is 15.9. The van der Waals surface area contributed by atoms with Gasteiger partial charge in [0.25, 0.3) is 0 Å². The summed E-state index contributed by atoms with van der Waals surface area (Å²) in [7, 11) is 4.30. The fourth-order valence-electron chi connectivity index (χ4n) is 2.66. The van der Waals surface area contributed by atoms with Crippen LogP contribution >= 0.6 is 11.3 Å². The molecule has 1 aromatic carbocycles. The first-order chi connectivity index (χ1) is 10.1. The van der Waals surface area contributed by atoms with Crippen molar-refractivity contribution in [3.8, 4) is 0 Å². The molecular formula is C18H26N2S. The lowest BCUT2D eigenvalue weighted by atomic mass is 9.96. The number of likely N-dealkylation sites (N-methyl/N-ethyl adjacent to an activating group) is 1. The Kier molecular flexibility index (Phi) is 5.97. The van der Waals surface area contributed by atoms with Crippen LogP contribution in [0.25, 0.3) is 0 Å². The van der Waals surface area contributed by atoms with Gasteiger partial charge in [0.15, 0.2) is 0 Å². The third kappa shape index (κ3) is 4.40. The van der Waals surface area contributed by atoms with Crippen LogP contribution in [0.4, 0.5) is 0 Å². The van der Waals surface area contributed by atoms with Gasteiger partial charge in [0.1, 0.15) is 0 Å². The number of hydrogen-bond donors (Lipinski definition) is 1. The smallest absolute Gasteiger partial charge is 0.0561 e. The lowest BCUT2D eigenvalue weighted by Gasteiger charge is -2.29. The highest BCUT2D eigenvalue weighted by atomic mass is 32.1. The molecule has 0 aliphatic rings.